The van der Waals surface area contributed by atoms with Gasteiger partial charge in [-0.25, -0.2) is 13.1 Å². The fourth-order valence-electron chi connectivity index (χ4n) is 1.54. The lowest BCUT2D eigenvalue weighted by molar-refractivity contribution is 0.570. The molecule has 0 saturated heterocycles. The van der Waals surface area contributed by atoms with Crippen molar-refractivity contribution < 1.29 is 8.42 Å². The van der Waals surface area contributed by atoms with E-state index in [0.717, 1.165) is 0 Å². The topological polar surface area (TPSA) is 72.2 Å². The Hall–Kier alpha value is -1.00. The van der Waals surface area contributed by atoms with Crippen LogP contribution in [0.2, 0.25) is 0 Å². The maximum Gasteiger partial charge on any atom is 0.240 e. The van der Waals surface area contributed by atoms with E-state index in [4.69, 9.17) is 5.73 Å². The molecular formula is C15H22N2O2S2. The van der Waals surface area contributed by atoms with E-state index in [1.165, 1.54) is 0 Å². The van der Waals surface area contributed by atoms with Crippen LogP contribution in [-0.4, -0.2) is 32.5 Å². The summed E-state index contributed by atoms with van der Waals surface area (Å²) in [5.74, 6) is 5.58. The van der Waals surface area contributed by atoms with Crippen LogP contribution in [0.25, 0.3) is 0 Å². The van der Waals surface area contributed by atoms with Gasteiger partial charge in [0.25, 0.3) is 0 Å². The van der Waals surface area contributed by atoms with Crippen LogP contribution in [0.3, 0.4) is 0 Å². The second kappa shape index (κ2) is 7.32. The molecule has 0 bridgehead atoms. The van der Waals surface area contributed by atoms with E-state index in [1.54, 1.807) is 36.9 Å². The lowest BCUT2D eigenvalue weighted by Gasteiger charge is -2.22. The average molecular weight is 326 g/mol. The third-order valence-electron chi connectivity index (χ3n) is 3.05. The van der Waals surface area contributed by atoms with Crippen molar-refractivity contribution in [3.05, 3.63) is 29.3 Å². The Labute approximate surface area is 131 Å². The zero-order valence-corrected chi connectivity index (χ0v) is 14.5. The van der Waals surface area contributed by atoms with Crippen molar-refractivity contribution in [3.8, 4) is 11.8 Å². The Morgan fingerprint density at radius 3 is 2.62 bits per heavy atom. The van der Waals surface area contributed by atoms with Crippen molar-refractivity contribution in [3.63, 3.8) is 0 Å². The highest BCUT2D eigenvalue weighted by atomic mass is 32.2. The number of hydrogen-bond donors (Lipinski definition) is 2. The average Bonchev–Trinajstić information content (AvgIpc) is 2.44. The summed E-state index contributed by atoms with van der Waals surface area (Å²) in [5.41, 5.74) is 6.68. The number of nitrogens with one attached hydrogen (secondary N) is 1. The molecule has 116 valence electrons. The predicted molar refractivity (Wildman–Crippen MR) is 89.9 cm³/mol. The van der Waals surface area contributed by atoms with Gasteiger partial charge in [0.15, 0.2) is 0 Å². The zero-order valence-electron chi connectivity index (χ0n) is 12.9. The van der Waals surface area contributed by atoms with Gasteiger partial charge in [-0.1, -0.05) is 17.9 Å². The largest absolute Gasteiger partial charge is 0.320 e. The molecule has 0 fully saturated rings. The van der Waals surface area contributed by atoms with Crippen molar-refractivity contribution >= 4 is 21.8 Å². The van der Waals surface area contributed by atoms with Crippen molar-refractivity contribution in [1.82, 2.24) is 4.72 Å². The smallest absolute Gasteiger partial charge is 0.240 e. The first-order valence-corrected chi connectivity index (χ1v) is 9.27. The van der Waals surface area contributed by atoms with E-state index in [1.807, 2.05) is 20.1 Å². The summed E-state index contributed by atoms with van der Waals surface area (Å²) in [7, 11) is -3.54. The van der Waals surface area contributed by atoms with Gasteiger partial charge >= 0.3 is 0 Å². The fourth-order valence-corrected chi connectivity index (χ4v) is 3.33. The van der Waals surface area contributed by atoms with Gasteiger partial charge in [0.2, 0.25) is 10.0 Å². The summed E-state index contributed by atoms with van der Waals surface area (Å²) in [5, 5.41) is 0. The summed E-state index contributed by atoms with van der Waals surface area (Å²) >= 11 is 1.62. The Morgan fingerprint density at radius 1 is 1.38 bits per heavy atom. The lowest BCUT2D eigenvalue weighted by atomic mass is 10.1. The van der Waals surface area contributed by atoms with Crippen molar-refractivity contribution in [2.45, 2.75) is 30.4 Å². The molecule has 0 radical (unpaired) electrons. The van der Waals surface area contributed by atoms with Gasteiger partial charge in [0.1, 0.15) is 0 Å². The highest BCUT2D eigenvalue weighted by Gasteiger charge is 2.22. The van der Waals surface area contributed by atoms with E-state index in [0.29, 0.717) is 17.7 Å². The standard InChI is InChI=1S/C15H22N2O2S2/c1-12-7-8-13(6-5-9-16)10-14(12)21(18,19)17-11-15(2,3)20-4/h7-8,10,17H,9,11,16H2,1-4H3. The number of sulfonamides is 1. The molecule has 0 saturated carbocycles. The minimum Gasteiger partial charge on any atom is -0.320 e. The molecular weight excluding hydrogens is 304 g/mol. The number of hydrogen-bond acceptors (Lipinski definition) is 4. The van der Waals surface area contributed by atoms with Gasteiger partial charge in [0, 0.05) is 16.9 Å². The number of benzene rings is 1. The van der Waals surface area contributed by atoms with Crippen LogP contribution in [0.1, 0.15) is 25.0 Å². The molecule has 4 nitrogen and oxygen atoms in total. The quantitative estimate of drug-likeness (QED) is 0.808. The molecule has 0 aliphatic heterocycles. The molecule has 6 heteroatoms. The number of aryl methyl sites for hydroxylation is 1. The van der Waals surface area contributed by atoms with Gasteiger partial charge in [-0.2, -0.15) is 11.8 Å². The molecule has 0 amide bonds. The number of thioether (sulfide) groups is 1. The Kier molecular flexibility index (Phi) is 6.29. The first-order valence-electron chi connectivity index (χ1n) is 6.56. The van der Waals surface area contributed by atoms with Crippen LogP contribution in [-0.2, 0) is 10.0 Å². The van der Waals surface area contributed by atoms with Gasteiger partial charge in [-0.05, 0) is 44.7 Å². The van der Waals surface area contributed by atoms with Crippen molar-refractivity contribution in [2.24, 2.45) is 5.73 Å². The SMILES string of the molecule is CSC(C)(C)CNS(=O)(=O)c1cc(C#CCN)ccc1C. The van der Waals surface area contributed by atoms with E-state index in [2.05, 4.69) is 16.6 Å². The van der Waals surface area contributed by atoms with Crippen LogP contribution < -0.4 is 10.5 Å². The first kappa shape index (κ1) is 18.1. The van der Waals surface area contributed by atoms with Gasteiger partial charge < -0.3 is 5.73 Å². The maximum atomic E-state index is 12.4. The third kappa shape index (κ3) is 5.36. The molecule has 3 N–H and O–H groups in total. The number of nitrogens with two attached hydrogens (primary N) is 1. The lowest BCUT2D eigenvalue weighted by Crippen LogP contribution is -2.36. The van der Waals surface area contributed by atoms with E-state index in [-0.39, 0.29) is 16.2 Å². The van der Waals surface area contributed by atoms with Crippen LogP contribution in [0.4, 0.5) is 0 Å². The monoisotopic (exact) mass is 326 g/mol. The normalized spacial score (nSPS) is 11.9. The molecule has 0 heterocycles. The summed E-state index contributed by atoms with van der Waals surface area (Å²) in [6.07, 6.45) is 1.96. The van der Waals surface area contributed by atoms with Crippen LogP contribution in [0, 0.1) is 18.8 Å². The molecule has 0 atom stereocenters. The second-order valence-corrected chi connectivity index (χ2v) is 8.52. The highest BCUT2D eigenvalue weighted by molar-refractivity contribution is 8.00. The summed E-state index contributed by atoms with van der Waals surface area (Å²) < 4.78 is 27.4. The summed E-state index contributed by atoms with van der Waals surface area (Å²) in [6, 6.07) is 5.14. The molecule has 0 aliphatic rings. The molecule has 1 aromatic carbocycles. The fraction of sp³-hybridized carbons (Fsp3) is 0.467. The molecule has 0 unspecified atom stereocenters. The van der Waals surface area contributed by atoms with Gasteiger partial charge in [0.05, 0.1) is 11.4 Å². The molecule has 0 aliphatic carbocycles. The third-order valence-corrected chi connectivity index (χ3v) is 5.85. The zero-order chi connectivity index (χ0) is 16.1. The van der Waals surface area contributed by atoms with Crippen LogP contribution in [0.15, 0.2) is 23.1 Å². The minimum absolute atomic E-state index is 0.155. The molecule has 1 aromatic rings. The predicted octanol–water partition coefficient (Wildman–Crippen LogP) is 1.73. The van der Waals surface area contributed by atoms with Crippen LogP contribution in [0.5, 0.6) is 0 Å². The minimum atomic E-state index is -3.54. The van der Waals surface area contributed by atoms with Crippen molar-refractivity contribution in [1.29, 1.82) is 0 Å². The first-order chi connectivity index (χ1) is 9.72. The Morgan fingerprint density at radius 2 is 2.05 bits per heavy atom. The molecule has 0 aromatic heterocycles. The van der Waals surface area contributed by atoms with E-state index < -0.39 is 10.0 Å². The molecule has 0 spiro atoms. The Bertz CT molecular complexity index is 656. The Balaban J connectivity index is 3.07. The highest BCUT2D eigenvalue weighted by Crippen LogP contribution is 2.22. The van der Waals surface area contributed by atoms with Crippen LogP contribution >= 0.6 is 11.8 Å². The van der Waals surface area contributed by atoms with E-state index in [9.17, 15) is 8.42 Å². The number of rotatable bonds is 5. The summed E-state index contributed by atoms with van der Waals surface area (Å²) in [4.78, 5) is 0.267. The maximum absolute atomic E-state index is 12.4. The van der Waals surface area contributed by atoms with Crippen molar-refractivity contribution in [2.75, 3.05) is 19.3 Å². The van der Waals surface area contributed by atoms with Gasteiger partial charge in [-0.15, -0.1) is 0 Å². The van der Waals surface area contributed by atoms with Gasteiger partial charge in [-0.3, -0.25) is 0 Å². The summed E-state index contributed by atoms with van der Waals surface area (Å²) in [6.45, 7) is 6.38. The van der Waals surface area contributed by atoms with E-state index >= 15 is 0 Å². The molecule has 21 heavy (non-hydrogen) atoms. The molecule has 1 rings (SSSR count). The second-order valence-electron chi connectivity index (χ2n) is 5.27.